The van der Waals surface area contributed by atoms with E-state index in [-0.39, 0.29) is 17.9 Å². The number of aliphatic hydroxyl groups is 1. The third kappa shape index (κ3) is 3.48. The molecule has 0 saturated heterocycles. The lowest BCUT2D eigenvalue weighted by Crippen LogP contribution is -2.13. The molecule has 1 heterocycles. The van der Waals surface area contributed by atoms with Crippen LogP contribution in [-0.2, 0) is 5.41 Å². The number of aromatic nitrogens is 2. The summed E-state index contributed by atoms with van der Waals surface area (Å²) in [6.45, 7) is 6.67. The van der Waals surface area contributed by atoms with Crippen molar-refractivity contribution in [3.63, 3.8) is 0 Å². The monoisotopic (exact) mass is 277 g/mol. The molecule has 2 rings (SSSR count). The molecular weight excluding hydrogens is 258 g/mol. The summed E-state index contributed by atoms with van der Waals surface area (Å²) in [6, 6.07) is 7.99. The molecule has 0 fully saturated rings. The van der Waals surface area contributed by atoms with Gasteiger partial charge < -0.3 is 14.8 Å². The number of H-pyrrole nitrogens is 1. The maximum absolute atomic E-state index is 10.8. The molecule has 6 heteroatoms. The smallest absolute Gasteiger partial charge is 0.390 e. The molecule has 1 unspecified atom stereocenters. The molecule has 20 heavy (non-hydrogen) atoms. The average molecular weight is 277 g/mol. The first-order valence-corrected chi connectivity index (χ1v) is 6.44. The second-order valence-corrected chi connectivity index (χ2v) is 5.68. The second kappa shape index (κ2) is 5.50. The molecular formula is C14H19N3O3. The summed E-state index contributed by atoms with van der Waals surface area (Å²) in [5.41, 5.74) is 2.23. The van der Waals surface area contributed by atoms with Gasteiger partial charge >= 0.3 is 5.76 Å². The summed E-state index contributed by atoms with van der Waals surface area (Å²) in [7, 11) is 0. The van der Waals surface area contributed by atoms with Crippen LogP contribution in [0.2, 0.25) is 0 Å². The molecule has 108 valence electrons. The van der Waals surface area contributed by atoms with Gasteiger partial charge in [-0.1, -0.05) is 32.9 Å². The third-order valence-corrected chi connectivity index (χ3v) is 2.99. The van der Waals surface area contributed by atoms with Gasteiger partial charge in [0.15, 0.2) is 0 Å². The Bertz CT molecular complexity index is 608. The van der Waals surface area contributed by atoms with Crippen LogP contribution in [0.1, 0.15) is 38.3 Å². The minimum Gasteiger partial charge on any atom is -0.390 e. The molecule has 0 radical (unpaired) electrons. The molecule has 6 nitrogen and oxygen atoms in total. The van der Waals surface area contributed by atoms with E-state index in [9.17, 15) is 9.90 Å². The lowest BCUT2D eigenvalue weighted by molar-refractivity contribution is 0.154. The Morgan fingerprint density at radius 3 is 2.50 bits per heavy atom. The Hall–Kier alpha value is -2.08. The zero-order valence-corrected chi connectivity index (χ0v) is 11.8. The van der Waals surface area contributed by atoms with E-state index in [1.807, 2.05) is 24.3 Å². The highest BCUT2D eigenvalue weighted by molar-refractivity contribution is 5.45. The van der Waals surface area contributed by atoms with Crippen molar-refractivity contribution in [1.29, 1.82) is 0 Å². The van der Waals surface area contributed by atoms with Gasteiger partial charge in [-0.25, -0.2) is 9.89 Å². The van der Waals surface area contributed by atoms with Crippen LogP contribution in [-0.4, -0.2) is 21.8 Å². The maximum atomic E-state index is 10.8. The van der Waals surface area contributed by atoms with Crippen molar-refractivity contribution >= 4 is 5.69 Å². The predicted octanol–water partition coefficient (Wildman–Crippen LogP) is 1.81. The van der Waals surface area contributed by atoms with Crippen molar-refractivity contribution in [2.45, 2.75) is 32.3 Å². The van der Waals surface area contributed by atoms with Gasteiger partial charge in [0, 0.05) is 12.2 Å². The quantitative estimate of drug-likeness (QED) is 0.792. The molecule has 1 aromatic heterocycles. The van der Waals surface area contributed by atoms with Crippen LogP contribution < -0.4 is 11.1 Å². The average Bonchev–Trinajstić information content (AvgIpc) is 2.82. The molecule has 0 aliphatic heterocycles. The second-order valence-electron chi connectivity index (χ2n) is 5.68. The molecule has 0 spiro atoms. The summed E-state index contributed by atoms with van der Waals surface area (Å²) >= 11 is 0. The van der Waals surface area contributed by atoms with Crippen molar-refractivity contribution in [3.05, 3.63) is 46.3 Å². The predicted molar refractivity (Wildman–Crippen MR) is 75.7 cm³/mol. The van der Waals surface area contributed by atoms with E-state index in [0.717, 1.165) is 5.69 Å². The topological polar surface area (TPSA) is 91.1 Å². The number of rotatable bonds is 4. The van der Waals surface area contributed by atoms with E-state index in [2.05, 4.69) is 40.7 Å². The number of aliphatic hydroxyl groups excluding tert-OH is 1. The fourth-order valence-electron chi connectivity index (χ4n) is 1.77. The Balaban J connectivity index is 1.96. The molecule has 3 N–H and O–H groups in total. The van der Waals surface area contributed by atoms with E-state index in [1.165, 1.54) is 5.56 Å². The molecule has 0 bridgehead atoms. The Morgan fingerprint density at radius 1 is 1.35 bits per heavy atom. The normalized spacial score (nSPS) is 13.2. The lowest BCUT2D eigenvalue weighted by Gasteiger charge is -2.19. The van der Waals surface area contributed by atoms with Crippen molar-refractivity contribution in [3.8, 4) is 0 Å². The molecule has 0 amide bonds. The van der Waals surface area contributed by atoms with E-state index in [1.54, 1.807) is 0 Å². The summed E-state index contributed by atoms with van der Waals surface area (Å²) < 4.78 is 4.69. The minimum absolute atomic E-state index is 0.0196. The van der Waals surface area contributed by atoms with E-state index in [0.29, 0.717) is 0 Å². The van der Waals surface area contributed by atoms with Crippen molar-refractivity contribution < 1.29 is 9.52 Å². The summed E-state index contributed by atoms with van der Waals surface area (Å²) in [5, 5.41) is 18.6. The molecule has 1 aromatic carbocycles. The molecule has 2 aromatic rings. The fourth-order valence-corrected chi connectivity index (χ4v) is 1.77. The summed E-state index contributed by atoms with van der Waals surface area (Å²) in [5.74, 6) is -0.692. The summed E-state index contributed by atoms with van der Waals surface area (Å²) in [4.78, 5) is 10.8. The van der Waals surface area contributed by atoms with Crippen LogP contribution in [0.5, 0.6) is 0 Å². The number of benzene rings is 1. The highest BCUT2D eigenvalue weighted by atomic mass is 16.4. The standard InChI is InChI=1S/C14H19N3O3/c1-14(2,3)9-4-6-10(7-5-9)15-8-11(18)12-16-17-13(19)20-12/h4-7,11,15,18H,8H2,1-3H3,(H,17,19). The fraction of sp³-hybridized carbons (Fsp3) is 0.429. The van der Waals surface area contributed by atoms with Crippen molar-refractivity contribution in [1.82, 2.24) is 10.2 Å². The molecule has 0 aliphatic rings. The number of nitrogens with one attached hydrogen (secondary N) is 2. The first-order chi connectivity index (χ1) is 9.36. The number of hydrogen-bond acceptors (Lipinski definition) is 5. The van der Waals surface area contributed by atoms with Gasteiger partial charge in [0.2, 0.25) is 5.89 Å². The number of aromatic amines is 1. The van der Waals surface area contributed by atoms with Crippen LogP contribution >= 0.6 is 0 Å². The Kier molecular flexibility index (Phi) is 3.94. The minimum atomic E-state index is -0.976. The van der Waals surface area contributed by atoms with Gasteiger partial charge in [-0.15, -0.1) is 5.10 Å². The van der Waals surface area contributed by atoms with Gasteiger partial charge in [0.25, 0.3) is 0 Å². The van der Waals surface area contributed by atoms with Crippen LogP contribution in [0.25, 0.3) is 0 Å². The van der Waals surface area contributed by atoms with Gasteiger partial charge in [-0.05, 0) is 23.1 Å². The van der Waals surface area contributed by atoms with Crippen molar-refractivity contribution in [2.75, 3.05) is 11.9 Å². The lowest BCUT2D eigenvalue weighted by atomic mass is 9.87. The van der Waals surface area contributed by atoms with E-state index < -0.39 is 11.9 Å². The number of hydrogen-bond donors (Lipinski definition) is 3. The van der Waals surface area contributed by atoms with Crippen LogP contribution in [0.3, 0.4) is 0 Å². The van der Waals surface area contributed by atoms with Gasteiger partial charge in [-0.3, -0.25) is 0 Å². The van der Waals surface area contributed by atoms with Gasteiger partial charge in [-0.2, -0.15) is 0 Å². The molecule has 1 atom stereocenters. The third-order valence-electron chi connectivity index (χ3n) is 2.99. The van der Waals surface area contributed by atoms with E-state index in [4.69, 9.17) is 0 Å². The highest BCUT2D eigenvalue weighted by Crippen LogP contribution is 2.23. The van der Waals surface area contributed by atoms with Crippen molar-refractivity contribution in [2.24, 2.45) is 0 Å². The van der Waals surface area contributed by atoms with E-state index >= 15 is 0 Å². The largest absolute Gasteiger partial charge is 0.434 e. The zero-order valence-electron chi connectivity index (χ0n) is 11.8. The zero-order chi connectivity index (χ0) is 14.8. The Labute approximate surface area is 116 Å². The SMILES string of the molecule is CC(C)(C)c1ccc(NCC(O)c2n[nH]c(=O)o2)cc1. The maximum Gasteiger partial charge on any atom is 0.434 e. The van der Waals surface area contributed by atoms with Crippen LogP contribution in [0.15, 0.2) is 33.5 Å². The van der Waals surface area contributed by atoms with Crippen LogP contribution in [0, 0.1) is 0 Å². The Morgan fingerprint density at radius 2 is 2.00 bits per heavy atom. The number of nitrogens with zero attached hydrogens (tertiary/aromatic N) is 1. The molecule has 0 saturated carbocycles. The summed E-state index contributed by atoms with van der Waals surface area (Å²) in [6.07, 6.45) is -0.976. The first kappa shape index (κ1) is 14.3. The van der Waals surface area contributed by atoms with Gasteiger partial charge in [0.05, 0.1) is 0 Å². The molecule has 0 aliphatic carbocycles. The highest BCUT2D eigenvalue weighted by Gasteiger charge is 2.15. The van der Waals surface area contributed by atoms with Crippen LogP contribution in [0.4, 0.5) is 5.69 Å². The van der Waals surface area contributed by atoms with Gasteiger partial charge in [0.1, 0.15) is 6.10 Å². The first-order valence-electron chi connectivity index (χ1n) is 6.44. The number of anilines is 1.